The lowest BCUT2D eigenvalue weighted by Gasteiger charge is -2.14. The van der Waals surface area contributed by atoms with Crippen LogP contribution in [-0.2, 0) is 4.79 Å². The van der Waals surface area contributed by atoms with Crippen molar-refractivity contribution in [3.05, 3.63) is 18.2 Å². The average molecular weight is 282 g/mol. The molecule has 0 bridgehead atoms. The highest BCUT2D eigenvalue weighted by molar-refractivity contribution is 5.94. The van der Waals surface area contributed by atoms with Crippen molar-refractivity contribution < 1.29 is 19.4 Å². The molecule has 6 nitrogen and oxygen atoms in total. The first-order chi connectivity index (χ1) is 9.62. The van der Waals surface area contributed by atoms with Gasteiger partial charge in [0.2, 0.25) is 5.91 Å². The van der Waals surface area contributed by atoms with Gasteiger partial charge in [0.15, 0.2) is 11.5 Å². The van der Waals surface area contributed by atoms with Crippen molar-refractivity contribution in [3.8, 4) is 11.5 Å². The van der Waals surface area contributed by atoms with Gasteiger partial charge in [0.1, 0.15) is 6.61 Å². The molecule has 0 unspecified atom stereocenters. The highest BCUT2D eigenvalue weighted by Gasteiger charge is 2.13. The number of aliphatic hydroxyl groups excluding tert-OH is 1. The summed E-state index contributed by atoms with van der Waals surface area (Å²) in [6.45, 7) is 2.03. The van der Waals surface area contributed by atoms with Crippen LogP contribution in [-0.4, -0.2) is 37.4 Å². The van der Waals surface area contributed by atoms with Crippen molar-refractivity contribution in [2.24, 2.45) is 5.73 Å². The lowest BCUT2D eigenvalue weighted by atomic mass is 10.1. The fourth-order valence-corrected chi connectivity index (χ4v) is 1.70. The molecular formula is C14H22N2O4. The number of benzene rings is 1. The molecule has 1 aromatic rings. The summed E-state index contributed by atoms with van der Waals surface area (Å²) in [6, 6.07) is 4.52. The molecule has 6 heteroatoms. The lowest BCUT2D eigenvalue weighted by molar-refractivity contribution is -0.117. The Labute approximate surface area is 118 Å². The molecule has 0 aliphatic rings. The highest BCUT2D eigenvalue weighted by Crippen LogP contribution is 2.30. The van der Waals surface area contributed by atoms with E-state index < -0.39 is 6.04 Å². The summed E-state index contributed by atoms with van der Waals surface area (Å²) >= 11 is 0. The molecule has 1 amide bonds. The number of ether oxygens (including phenoxy) is 2. The SMILES string of the molecule is CCC[C@@H](N)C(=O)Nc1ccc(OC)c(OCCO)c1. The number of anilines is 1. The number of hydrogen-bond acceptors (Lipinski definition) is 5. The molecule has 1 atom stereocenters. The van der Waals surface area contributed by atoms with E-state index in [0.29, 0.717) is 23.6 Å². The molecule has 1 rings (SSSR count). The van der Waals surface area contributed by atoms with E-state index in [2.05, 4.69) is 5.32 Å². The van der Waals surface area contributed by atoms with Gasteiger partial charge in [-0.05, 0) is 18.6 Å². The third kappa shape index (κ3) is 4.71. The summed E-state index contributed by atoms with van der Waals surface area (Å²) in [5.74, 6) is 0.767. The summed E-state index contributed by atoms with van der Waals surface area (Å²) in [4.78, 5) is 11.8. The summed E-state index contributed by atoms with van der Waals surface area (Å²) in [7, 11) is 1.52. The van der Waals surface area contributed by atoms with E-state index in [1.165, 1.54) is 7.11 Å². The van der Waals surface area contributed by atoms with Crippen LogP contribution in [0.1, 0.15) is 19.8 Å². The van der Waals surface area contributed by atoms with Crippen LogP contribution in [0.25, 0.3) is 0 Å². The van der Waals surface area contributed by atoms with E-state index in [1.807, 2.05) is 6.92 Å². The molecule has 0 aromatic heterocycles. The molecule has 0 spiro atoms. The number of methoxy groups -OCH3 is 1. The largest absolute Gasteiger partial charge is 0.493 e. The second-order valence-corrected chi connectivity index (χ2v) is 4.32. The molecular weight excluding hydrogens is 260 g/mol. The molecule has 4 N–H and O–H groups in total. The van der Waals surface area contributed by atoms with Crippen LogP contribution in [0.5, 0.6) is 11.5 Å². The normalized spacial score (nSPS) is 11.8. The molecule has 20 heavy (non-hydrogen) atoms. The minimum Gasteiger partial charge on any atom is -0.493 e. The van der Waals surface area contributed by atoms with E-state index in [1.54, 1.807) is 18.2 Å². The van der Waals surface area contributed by atoms with Crippen molar-refractivity contribution in [1.82, 2.24) is 0 Å². The van der Waals surface area contributed by atoms with E-state index in [9.17, 15) is 4.79 Å². The number of nitrogens with one attached hydrogen (secondary N) is 1. The number of carbonyl (C=O) groups excluding carboxylic acids is 1. The predicted octanol–water partition coefficient (Wildman–Crippen LogP) is 1.13. The molecule has 1 aromatic carbocycles. The Bertz CT molecular complexity index is 437. The maximum atomic E-state index is 11.8. The smallest absolute Gasteiger partial charge is 0.241 e. The first-order valence-electron chi connectivity index (χ1n) is 6.60. The Kier molecular flexibility index (Phi) is 6.83. The van der Waals surface area contributed by atoms with Crippen LogP contribution >= 0.6 is 0 Å². The van der Waals surface area contributed by atoms with Gasteiger partial charge in [-0.1, -0.05) is 13.3 Å². The number of hydrogen-bond donors (Lipinski definition) is 3. The van der Waals surface area contributed by atoms with E-state index in [4.69, 9.17) is 20.3 Å². The van der Waals surface area contributed by atoms with Crippen LogP contribution in [0.4, 0.5) is 5.69 Å². The third-order valence-electron chi connectivity index (χ3n) is 2.72. The van der Waals surface area contributed by atoms with Crippen molar-refractivity contribution in [1.29, 1.82) is 0 Å². The molecule has 0 aliphatic carbocycles. The minimum atomic E-state index is -0.524. The maximum Gasteiger partial charge on any atom is 0.241 e. The zero-order valence-electron chi connectivity index (χ0n) is 11.9. The van der Waals surface area contributed by atoms with Crippen molar-refractivity contribution in [2.45, 2.75) is 25.8 Å². The van der Waals surface area contributed by atoms with Gasteiger partial charge < -0.3 is 25.6 Å². The lowest BCUT2D eigenvalue weighted by Crippen LogP contribution is -2.35. The highest BCUT2D eigenvalue weighted by atomic mass is 16.5. The standard InChI is InChI=1S/C14H22N2O4/c1-3-4-11(15)14(18)16-10-5-6-12(19-2)13(9-10)20-8-7-17/h5-6,9,11,17H,3-4,7-8,15H2,1-2H3,(H,16,18)/t11-/m1/s1. The van der Waals surface area contributed by atoms with Crippen LogP contribution in [0.2, 0.25) is 0 Å². The van der Waals surface area contributed by atoms with E-state index in [0.717, 1.165) is 6.42 Å². The molecule has 112 valence electrons. The van der Waals surface area contributed by atoms with Gasteiger partial charge in [-0.3, -0.25) is 4.79 Å². The predicted molar refractivity (Wildman–Crippen MR) is 77.1 cm³/mol. The van der Waals surface area contributed by atoms with Gasteiger partial charge in [-0.25, -0.2) is 0 Å². The molecule has 0 fully saturated rings. The first kappa shape index (κ1) is 16.3. The Morgan fingerprint density at radius 2 is 2.20 bits per heavy atom. The van der Waals surface area contributed by atoms with Crippen molar-refractivity contribution >= 4 is 11.6 Å². The number of nitrogens with two attached hydrogens (primary N) is 1. The van der Waals surface area contributed by atoms with Gasteiger partial charge in [-0.15, -0.1) is 0 Å². The molecule has 0 saturated heterocycles. The summed E-state index contributed by atoms with van der Waals surface area (Å²) in [5.41, 5.74) is 6.33. The fraction of sp³-hybridized carbons (Fsp3) is 0.500. The van der Waals surface area contributed by atoms with Gasteiger partial charge in [0, 0.05) is 11.8 Å². The van der Waals surface area contributed by atoms with Crippen LogP contribution in [0.15, 0.2) is 18.2 Å². The van der Waals surface area contributed by atoms with Crippen LogP contribution < -0.4 is 20.5 Å². The summed E-state index contributed by atoms with van der Waals surface area (Å²) < 4.78 is 10.5. The van der Waals surface area contributed by atoms with Gasteiger partial charge in [0.25, 0.3) is 0 Å². The molecule has 0 radical (unpaired) electrons. The summed E-state index contributed by atoms with van der Waals surface area (Å²) in [5, 5.41) is 11.5. The quantitative estimate of drug-likeness (QED) is 0.664. The second-order valence-electron chi connectivity index (χ2n) is 4.32. The topological polar surface area (TPSA) is 93.8 Å². The van der Waals surface area contributed by atoms with E-state index >= 15 is 0 Å². The zero-order chi connectivity index (χ0) is 15.0. The van der Waals surface area contributed by atoms with Gasteiger partial charge in [0.05, 0.1) is 19.8 Å². The number of amides is 1. The van der Waals surface area contributed by atoms with Crippen LogP contribution in [0, 0.1) is 0 Å². The number of aliphatic hydroxyl groups is 1. The monoisotopic (exact) mass is 282 g/mol. The van der Waals surface area contributed by atoms with Crippen molar-refractivity contribution in [2.75, 3.05) is 25.6 Å². The Hall–Kier alpha value is -1.79. The number of rotatable bonds is 8. The molecule has 0 saturated carbocycles. The Morgan fingerprint density at radius 3 is 2.80 bits per heavy atom. The third-order valence-corrected chi connectivity index (χ3v) is 2.72. The average Bonchev–Trinajstić information content (AvgIpc) is 2.45. The zero-order valence-corrected chi connectivity index (χ0v) is 11.9. The Balaban J connectivity index is 2.77. The van der Waals surface area contributed by atoms with Crippen LogP contribution in [0.3, 0.4) is 0 Å². The van der Waals surface area contributed by atoms with Gasteiger partial charge >= 0.3 is 0 Å². The first-order valence-corrected chi connectivity index (χ1v) is 6.60. The van der Waals surface area contributed by atoms with E-state index in [-0.39, 0.29) is 19.1 Å². The second kappa shape index (κ2) is 8.39. The maximum absolute atomic E-state index is 11.8. The fourth-order valence-electron chi connectivity index (χ4n) is 1.70. The van der Waals surface area contributed by atoms with Gasteiger partial charge in [-0.2, -0.15) is 0 Å². The molecule has 0 heterocycles. The Morgan fingerprint density at radius 1 is 1.45 bits per heavy atom. The minimum absolute atomic E-state index is 0.0961. The van der Waals surface area contributed by atoms with Crippen molar-refractivity contribution in [3.63, 3.8) is 0 Å². The molecule has 0 aliphatic heterocycles. The summed E-state index contributed by atoms with van der Waals surface area (Å²) in [6.07, 6.45) is 1.48. The number of carbonyl (C=O) groups is 1.